The Morgan fingerprint density at radius 1 is 1.23 bits per heavy atom. The lowest BCUT2D eigenvalue weighted by molar-refractivity contribution is -0.479. The molecule has 0 aliphatic rings. The van der Waals surface area contributed by atoms with Gasteiger partial charge < -0.3 is 5.11 Å². The molecular formula is C15H12ClNO4S. The number of rotatable bonds is 6. The maximum atomic E-state index is 11.3. The quantitative estimate of drug-likeness (QED) is 0.486. The van der Waals surface area contributed by atoms with E-state index in [1.807, 2.05) is 0 Å². The molecule has 2 aromatic carbocycles. The standard InChI is InChI=1S/C15H12ClNO4S/c16-12-7-3-1-5-10(12)14(9-17(20)21)22-13-8-4-2-6-11(13)15(18)19/h1-8,14H,9H2,(H,18,19). The molecule has 0 aliphatic heterocycles. The summed E-state index contributed by atoms with van der Waals surface area (Å²) in [7, 11) is 0. The van der Waals surface area contributed by atoms with E-state index in [1.54, 1.807) is 42.5 Å². The average Bonchev–Trinajstić information content (AvgIpc) is 2.47. The summed E-state index contributed by atoms with van der Waals surface area (Å²) in [6, 6.07) is 13.3. The fourth-order valence-electron chi connectivity index (χ4n) is 1.97. The first-order valence-corrected chi connectivity index (χ1v) is 7.60. The van der Waals surface area contributed by atoms with Crippen LogP contribution in [-0.4, -0.2) is 22.5 Å². The summed E-state index contributed by atoms with van der Waals surface area (Å²) in [5.74, 6) is -1.07. The van der Waals surface area contributed by atoms with E-state index in [4.69, 9.17) is 11.6 Å². The number of hydrogen-bond donors (Lipinski definition) is 1. The number of nitrogens with zero attached hydrogens (tertiary/aromatic N) is 1. The van der Waals surface area contributed by atoms with Crippen LogP contribution in [0.5, 0.6) is 0 Å². The first kappa shape index (κ1) is 16.3. The third-order valence-electron chi connectivity index (χ3n) is 2.95. The van der Waals surface area contributed by atoms with Gasteiger partial charge in [-0.2, -0.15) is 0 Å². The molecule has 1 N–H and O–H groups in total. The van der Waals surface area contributed by atoms with Crippen LogP contribution in [0.4, 0.5) is 0 Å². The van der Waals surface area contributed by atoms with Crippen molar-refractivity contribution in [3.05, 3.63) is 74.8 Å². The monoisotopic (exact) mass is 337 g/mol. The van der Waals surface area contributed by atoms with Gasteiger partial charge in [0.1, 0.15) is 5.25 Å². The summed E-state index contributed by atoms with van der Waals surface area (Å²) in [6.45, 7) is -0.345. The Morgan fingerprint density at radius 3 is 2.50 bits per heavy atom. The summed E-state index contributed by atoms with van der Waals surface area (Å²) < 4.78 is 0. The van der Waals surface area contributed by atoms with Gasteiger partial charge in [0.2, 0.25) is 6.54 Å². The molecule has 2 rings (SSSR count). The number of carbonyl (C=O) groups is 1. The third-order valence-corrected chi connectivity index (χ3v) is 4.60. The number of carboxylic acids is 1. The zero-order valence-corrected chi connectivity index (χ0v) is 12.9. The number of nitro groups is 1. The van der Waals surface area contributed by atoms with Crippen LogP contribution in [0.2, 0.25) is 5.02 Å². The average molecular weight is 338 g/mol. The number of carboxylic acid groups (broad SMARTS) is 1. The minimum absolute atomic E-state index is 0.118. The lowest BCUT2D eigenvalue weighted by Gasteiger charge is -2.15. The molecule has 114 valence electrons. The van der Waals surface area contributed by atoms with Gasteiger partial charge >= 0.3 is 5.97 Å². The van der Waals surface area contributed by atoms with E-state index in [9.17, 15) is 20.0 Å². The Balaban J connectivity index is 2.38. The maximum absolute atomic E-state index is 11.3. The van der Waals surface area contributed by atoms with Crippen molar-refractivity contribution in [2.75, 3.05) is 6.54 Å². The highest BCUT2D eigenvalue weighted by Crippen LogP contribution is 2.39. The van der Waals surface area contributed by atoms with Crippen molar-refractivity contribution in [2.24, 2.45) is 0 Å². The van der Waals surface area contributed by atoms with Gasteiger partial charge in [0.15, 0.2) is 0 Å². The van der Waals surface area contributed by atoms with Crippen LogP contribution in [-0.2, 0) is 0 Å². The highest BCUT2D eigenvalue weighted by atomic mass is 35.5. The largest absolute Gasteiger partial charge is 0.478 e. The van der Waals surface area contributed by atoms with E-state index >= 15 is 0 Å². The zero-order valence-electron chi connectivity index (χ0n) is 11.3. The van der Waals surface area contributed by atoms with E-state index in [2.05, 4.69) is 0 Å². The van der Waals surface area contributed by atoms with Crippen molar-refractivity contribution in [2.45, 2.75) is 10.1 Å². The molecule has 2 aromatic rings. The molecule has 0 saturated heterocycles. The third kappa shape index (κ3) is 3.99. The molecule has 0 saturated carbocycles. The van der Waals surface area contributed by atoms with Gasteiger partial charge in [-0.3, -0.25) is 10.1 Å². The summed E-state index contributed by atoms with van der Waals surface area (Å²) in [6.07, 6.45) is 0. The van der Waals surface area contributed by atoms with Crippen molar-refractivity contribution in [3.63, 3.8) is 0 Å². The van der Waals surface area contributed by atoms with E-state index < -0.39 is 16.1 Å². The topological polar surface area (TPSA) is 80.4 Å². The Kier molecular flexibility index (Phi) is 5.41. The highest BCUT2D eigenvalue weighted by Gasteiger charge is 2.23. The normalized spacial score (nSPS) is 11.9. The molecular weight excluding hydrogens is 326 g/mol. The molecule has 7 heteroatoms. The molecule has 1 unspecified atom stereocenters. The minimum atomic E-state index is -1.07. The van der Waals surface area contributed by atoms with Gasteiger partial charge in [0.05, 0.1) is 5.56 Å². The van der Waals surface area contributed by atoms with Gasteiger partial charge in [-0.1, -0.05) is 41.9 Å². The second-order valence-corrected chi connectivity index (χ2v) is 6.10. The summed E-state index contributed by atoms with van der Waals surface area (Å²) in [5.41, 5.74) is 0.735. The fraction of sp³-hybridized carbons (Fsp3) is 0.133. The van der Waals surface area contributed by atoms with Gasteiger partial charge in [-0.25, -0.2) is 4.79 Å². The molecule has 0 radical (unpaired) electrons. The van der Waals surface area contributed by atoms with Gasteiger partial charge in [0, 0.05) is 14.8 Å². The van der Waals surface area contributed by atoms with Crippen LogP contribution in [0.1, 0.15) is 21.2 Å². The smallest absolute Gasteiger partial charge is 0.336 e. The number of hydrogen-bond acceptors (Lipinski definition) is 4. The van der Waals surface area contributed by atoms with Crippen LogP contribution in [0, 0.1) is 10.1 Å². The second kappa shape index (κ2) is 7.29. The molecule has 0 bridgehead atoms. The Hall–Kier alpha value is -2.05. The maximum Gasteiger partial charge on any atom is 0.336 e. The fourth-order valence-corrected chi connectivity index (χ4v) is 3.58. The van der Waals surface area contributed by atoms with Crippen molar-refractivity contribution in [1.29, 1.82) is 0 Å². The van der Waals surface area contributed by atoms with Crippen molar-refractivity contribution in [3.8, 4) is 0 Å². The first-order valence-electron chi connectivity index (χ1n) is 6.34. The SMILES string of the molecule is O=C(O)c1ccccc1SC(C[N+](=O)[O-])c1ccccc1Cl. The first-order chi connectivity index (χ1) is 10.5. The molecule has 5 nitrogen and oxygen atoms in total. The lowest BCUT2D eigenvalue weighted by atomic mass is 10.1. The molecule has 0 fully saturated rings. The summed E-state index contributed by atoms with van der Waals surface area (Å²) >= 11 is 7.25. The molecule has 0 heterocycles. The van der Waals surface area contributed by atoms with Gasteiger partial charge in [-0.15, -0.1) is 11.8 Å². The molecule has 1 atom stereocenters. The highest BCUT2D eigenvalue weighted by molar-refractivity contribution is 7.99. The Bertz CT molecular complexity index is 707. The number of aromatic carboxylic acids is 1. The summed E-state index contributed by atoms with van der Waals surface area (Å²) in [4.78, 5) is 22.2. The second-order valence-electron chi connectivity index (χ2n) is 4.44. The Morgan fingerprint density at radius 2 is 1.86 bits per heavy atom. The Labute approximate surface area is 136 Å². The number of benzene rings is 2. The van der Waals surface area contributed by atoms with Crippen molar-refractivity contribution in [1.82, 2.24) is 0 Å². The van der Waals surface area contributed by atoms with Crippen LogP contribution < -0.4 is 0 Å². The predicted octanol–water partition coefficient (Wildman–Crippen LogP) is 4.15. The van der Waals surface area contributed by atoms with E-state index in [-0.39, 0.29) is 12.1 Å². The minimum Gasteiger partial charge on any atom is -0.478 e. The molecule has 0 spiro atoms. The van der Waals surface area contributed by atoms with Crippen LogP contribution >= 0.6 is 23.4 Å². The van der Waals surface area contributed by atoms with Crippen LogP contribution in [0.3, 0.4) is 0 Å². The molecule has 0 aliphatic carbocycles. The van der Waals surface area contributed by atoms with Gasteiger partial charge in [-0.05, 0) is 23.8 Å². The lowest BCUT2D eigenvalue weighted by Crippen LogP contribution is -2.11. The van der Waals surface area contributed by atoms with E-state index in [0.29, 0.717) is 15.5 Å². The van der Waals surface area contributed by atoms with Crippen LogP contribution in [0.15, 0.2) is 53.4 Å². The van der Waals surface area contributed by atoms with Crippen molar-refractivity contribution < 1.29 is 14.8 Å². The van der Waals surface area contributed by atoms with E-state index in [0.717, 1.165) is 11.8 Å². The van der Waals surface area contributed by atoms with Crippen LogP contribution in [0.25, 0.3) is 0 Å². The van der Waals surface area contributed by atoms with Crippen molar-refractivity contribution >= 4 is 29.3 Å². The van der Waals surface area contributed by atoms with Gasteiger partial charge in [0.25, 0.3) is 0 Å². The number of halogens is 1. The molecule has 0 amide bonds. The molecule has 22 heavy (non-hydrogen) atoms. The van der Waals surface area contributed by atoms with E-state index in [1.165, 1.54) is 6.07 Å². The molecule has 0 aromatic heterocycles. The predicted molar refractivity (Wildman–Crippen MR) is 85.3 cm³/mol. The zero-order chi connectivity index (χ0) is 16.1. The number of thioether (sulfide) groups is 1. The summed E-state index contributed by atoms with van der Waals surface area (Å²) in [5, 5.41) is 20.0.